The summed E-state index contributed by atoms with van der Waals surface area (Å²) >= 11 is 0. The normalized spacial score (nSPS) is 22.5. The quantitative estimate of drug-likeness (QED) is 0.793. The lowest BCUT2D eigenvalue weighted by atomic mass is 10.1. The molecule has 0 aliphatic heterocycles. The molecule has 1 aromatic rings. The number of hydrogen-bond donors (Lipinski definition) is 2. The molecular weight excluding hydrogens is 206 g/mol. The molecule has 0 saturated heterocycles. The number of aliphatic carboxylic acids is 1. The van der Waals surface area contributed by atoms with Crippen LogP contribution in [0.5, 0.6) is 0 Å². The van der Waals surface area contributed by atoms with Crippen molar-refractivity contribution in [2.75, 3.05) is 6.54 Å². The highest BCUT2D eigenvalue weighted by atomic mass is 16.4. The highest BCUT2D eigenvalue weighted by Crippen LogP contribution is 2.47. The van der Waals surface area contributed by atoms with Gasteiger partial charge in [0.2, 0.25) is 5.91 Å². The van der Waals surface area contributed by atoms with Crippen LogP contribution in [0.4, 0.5) is 0 Å². The second-order valence-electron chi connectivity index (χ2n) is 3.97. The second kappa shape index (κ2) is 4.35. The first-order valence-corrected chi connectivity index (χ1v) is 5.23. The van der Waals surface area contributed by atoms with Gasteiger partial charge in [-0.05, 0) is 17.9 Å². The molecule has 1 aliphatic rings. The van der Waals surface area contributed by atoms with Crippen LogP contribution in [-0.4, -0.2) is 23.5 Å². The Morgan fingerprint density at radius 1 is 1.31 bits per heavy atom. The third-order valence-corrected chi connectivity index (χ3v) is 2.77. The van der Waals surface area contributed by atoms with E-state index in [0.29, 0.717) is 0 Å². The number of carbonyl (C=O) groups is 2. The van der Waals surface area contributed by atoms with Crippen molar-refractivity contribution in [1.82, 2.24) is 5.32 Å². The summed E-state index contributed by atoms with van der Waals surface area (Å²) in [7, 11) is 0. The molecule has 4 heteroatoms. The fourth-order valence-electron chi connectivity index (χ4n) is 1.85. The van der Waals surface area contributed by atoms with Gasteiger partial charge < -0.3 is 10.4 Å². The average molecular weight is 219 g/mol. The van der Waals surface area contributed by atoms with Gasteiger partial charge in [0.25, 0.3) is 0 Å². The number of carboxylic acid groups (broad SMARTS) is 1. The number of rotatable bonds is 4. The smallest absolute Gasteiger partial charge is 0.322 e. The molecule has 84 valence electrons. The first-order chi connectivity index (χ1) is 7.68. The van der Waals surface area contributed by atoms with E-state index in [9.17, 15) is 9.59 Å². The van der Waals surface area contributed by atoms with Gasteiger partial charge in [-0.15, -0.1) is 0 Å². The summed E-state index contributed by atoms with van der Waals surface area (Å²) in [6.07, 6.45) is 0.815. The standard InChI is InChI=1S/C12H13NO3/c14-11(15)7-13-12(16)10-6-9(10)8-4-2-1-3-5-8/h1-5,9-10H,6-7H2,(H,13,16)(H,14,15)/t9-,10-/m0/s1. The Bertz CT molecular complexity index is 402. The van der Waals surface area contributed by atoms with Crippen molar-refractivity contribution in [2.45, 2.75) is 12.3 Å². The van der Waals surface area contributed by atoms with Gasteiger partial charge in [0.1, 0.15) is 6.54 Å². The van der Waals surface area contributed by atoms with Crippen molar-refractivity contribution in [1.29, 1.82) is 0 Å². The molecule has 2 rings (SSSR count). The summed E-state index contributed by atoms with van der Waals surface area (Å²) in [6.45, 7) is -0.295. The second-order valence-corrected chi connectivity index (χ2v) is 3.97. The number of hydrogen-bond acceptors (Lipinski definition) is 2. The van der Waals surface area contributed by atoms with Crippen molar-refractivity contribution >= 4 is 11.9 Å². The van der Waals surface area contributed by atoms with E-state index in [4.69, 9.17) is 5.11 Å². The number of benzene rings is 1. The summed E-state index contributed by atoms with van der Waals surface area (Å²) in [5.74, 6) is -0.960. The van der Waals surface area contributed by atoms with E-state index in [1.807, 2.05) is 30.3 Å². The summed E-state index contributed by atoms with van der Waals surface area (Å²) in [4.78, 5) is 21.8. The largest absolute Gasteiger partial charge is 0.480 e. The highest BCUT2D eigenvalue weighted by Gasteiger charge is 2.43. The molecule has 1 fully saturated rings. The van der Waals surface area contributed by atoms with Gasteiger partial charge in [-0.25, -0.2) is 0 Å². The Balaban J connectivity index is 1.87. The molecule has 4 nitrogen and oxygen atoms in total. The van der Waals surface area contributed by atoms with E-state index >= 15 is 0 Å². The molecule has 0 unspecified atom stereocenters. The van der Waals surface area contributed by atoms with E-state index in [-0.39, 0.29) is 24.3 Å². The monoisotopic (exact) mass is 219 g/mol. The molecule has 1 saturated carbocycles. The van der Waals surface area contributed by atoms with Gasteiger partial charge in [0.05, 0.1) is 0 Å². The van der Waals surface area contributed by atoms with Gasteiger partial charge in [0.15, 0.2) is 0 Å². The molecule has 1 aromatic carbocycles. The molecule has 2 atom stereocenters. The fraction of sp³-hybridized carbons (Fsp3) is 0.333. The van der Waals surface area contributed by atoms with E-state index in [1.54, 1.807) is 0 Å². The lowest BCUT2D eigenvalue weighted by molar-refractivity contribution is -0.138. The van der Waals surface area contributed by atoms with Crippen LogP contribution >= 0.6 is 0 Å². The van der Waals surface area contributed by atoms with Gasteiger partial charge in [-0.2, -0.15) is 0 Å². The summed E-state index contributed by atoms with van der Waals surface area (Å²) in [5, 5.41) is 10.8. The van der Waals surface area contributed by atoms with E-state index < -0.39 is 5.97 Å². The SMILES string of the molecule is O=C(O)CNC(=O)[C@H]1C[C@H]1c1ccccc1. The molecule has 0 heterocycles. The minimum absolute atomic E-state index is 0.0539. The maximum absolute atomic E-state index is 11.5. The molecule has 0 aromatic heterocycles. The Morgan fingerprint density at radius 2 is 2.00 bits per heavy atom. The van der Waals surface area contributed by atoms with Crippen LogP contribution in [0, 0.1) is 5.92 Å². The van der Waals surface area contributed by atoms with Gasteiger partial charge in [-0.1, -0.05) is 30.3 Å². The molecule has 1 amide bonds. The van der Waals surface area contributed by atoms with E-state index in [0.717, 1.165) is 12.0 Å². The molecular formula is C12H13NO3. The van der Waals surface area contributed by atoms with Crippen molar-refractivity contribution < 1.29 is 14.7 Å². The minimum atomic E-state index is -1.01. The zero-order valence-electron chi connectivity index (χ0n) is 8.72. The van der Waals surface area contributed by atoms with E-state index in [1.165, 1.54) is 0 Å². The lowest BCUT2D eigenvalue weighted by Crippen LogP contribution is -2.30. The first-order valence-electron chi connectivity index (χ1n) is 5.23. The van der Waals surface area contributed by atoms with Crippen LogP contribution in [-0.2, 0) is 9.59 Å². The minimum Gasteiger partial charge on any atom is -0.480 e. The van der Waals surface area contributed by atoms with Gasteiger partial charge >= 0.3 is 5.97 Å². The molecule has 16 heavy (non-hydrogen) atoms. The zero-order valence-corrected chi connectivity index (χ0v) is 8.72. The summed E-state index contributed by atoms with van der Waals surface area (Å²) in [5.41, 5.74) is 1.15. The van der Waals surface area contributed by atoms with Crippen molar-refractivity contribution in [3.8, 4) is 0 Å². The van der Waals surface area contributed by atoms with Crippen LogP contribution in [0.25, 0.3) is 0 Å². The Morgan fingerprint density at radius 3 is 2.62 bits per heavy atom. The lowest BCUT2D eigenvalue weighted by Gasteiger charge is -2.01. The van der Waals surface area contributed by atoms with Crippen LogP contribution in [0.1, 0.15) is 17.9 Å². The molecule has 0 radical (unpaired) electrons. The van der Waals surface area contributed by atoms with Gasteiger partial charge in [0, 0.05) is 5.92 Å². The Kier molecular flexibility index (Phi) is 2.90. The predicted octanol–water partition coefficient (Wildman–Crippen LogP) is 0.991. The van der Waals surface area contributed by atoms with Crippen LogP contribution < -0.4 is 5.32 Å². The Labute approximate surface area is 93.3 Å². The topological polar surface area (TPSA) is 66.4 Å². The van der Waals surface area contributed by atoms with Crippen LogP contribution in [0.15, 0.2) is 30.3 Å². The maximum atomic E-state index is 11.5. The number of carbonyl (C=O) groups excluding carboxylic acids is 1. The number of amides is 1. The third kappa shape index (κ3) is 2.39. The highest BCUT2D eigenvalue weighted by molar-refractivity contribution is 5.85. The predicted molar refractivity (Wildman–Crippen MR) is 57.9 cm³/mol. The molecule has 2 N–H and O–H groups in total. The fourth-order valence-corrected chi connectivity index (χ4v) is 1.85. The summed E-state index contributed by atoms with van der Waals surface area (Å²) < 4.78 is 0. The first kappa shape index (κ1) is 10.7. The van der Waals surface area contributed by atoms with Gasteiger partial charge in [-0.3, -0.25) is 9.59 Å². The molecule has 1 aliphatic carbocycles. The number of carboxylic acids is 1. The van der Waals surface area contributed by atoms with Crippen molar-refractivity contribution in [2.24, 2.45) is 5.92 Å². The van der Waals surface area contributed by atoms with Crippen LogP contribution in [0.3, 0.4) is 0 Å². The average Bonchev–Trinajstić information content (AvgIpc) is 3.07. The third-order valence-electron chi connectivity index (χ3n) is 2.77. The molecule has 0 bridgehead atoms. The summed E-state index contributed by atoms with van der Waals surface area (Å²) in [6, 6.07) is 9.81. The Hall–Kier alpha value is -1.84. The number of nitrogens with one attached hydrogen (secondary N) is 1. The zero-order chi connectivity index (χ0) is 11.5. The van der Waals surface area contributed by atoms with Crippen LogP contribution in [0.2, 0.25) is 0 Å². The molecule has 0 spiro atoms. The van der Waals surface area contributed by atoms with Crippen molar-refractivity contribution in [3.05, 3.63) is 35.9 Å². The van der Waals surface area contributed by atoms with E-state index in [2.05, 4.69) is 5.32 Å². The maximum Gasteiger partial charge on any atom is 0.322 e. The van der Waals surface area contributed by atoms with Crippen molar-refractivity contribution in [3.63, 3.8) is 0 Å².